The van der Waals surface area contributed by atoms with Gasteiger partial charge in [-0.05, 0) is 83.9 Å². The SMILES string of the molecule is Cc1ccc(Nc2nc(-c3ccc(C(=O)N/N=C/c4cc(Br)cc(Br)c4OCC(=O)Nc4ccc(C)c(Cl)c4)cc3)cs2)cc1. The maximum atomic E-state index is 12.8. The van der Waals surface area contributed by atoms with Crippen LogP contribution in [0.15, 0.2) is 98.3 Å². The molecule has 0 aliphatic heterocycles. The first-order valence-corrected chi connectivity index (χ1v) is 16.4. The first kappa shape index (κ1) is 32.4. The topological polar surface area (TPSA) is 105 Å². The molecule has 5 rings (SSSR count). The Morgan fingerprint density at radius 1 is 0.978 bits per heavy atom. The van der Waals surface area contributed by atoms with Crippen molar-refractivity contribution in [1.82, 2.24) is 10.4 Å². The summed E-state index contributed by atoms with van der Waals surface area (Å²) in [5.74, 6) is -0.358. The predicted octanol–water partition coefficient (Wildman–Crippen LogP) is 9.13. The Balaban J connectivity index is 1.19. The summed E-state index contributed by atoms with van der Waals surface area (Å²) in [6.07, 6.45) is 1.45. The second-order valence-electron chi connectivity index (χ2n) is 9.91. The molecule has 0 unspecified atom stereocenters. The van der Waals surface area contributed by atoms with Gasteiger partial charge in [-0.3, -0.25) is 9.59 Å². The molecule has 0 saturated carbocycles. The highest BCUT2D eigenvalue weighted by molar-refractivity contribution is 9.11. The second-order valence-corrected chi connectivity index (χ2v) is 12.9. The Morgan fingerprint density at radius 3 is 2.44 bits per heavy atom. The Morgan fingerprint density at radius 2 is 1.71 bits per heavy atom. The Bertz CT molecular complexity index is 1880. The molecule has 1 heterocycles. The molecular weight excluding hydrogens is 742 g/mol. The third kappa shape index (κ3) is 8.79. The van der Waals surface area contributed by atoms with Crippen LogP contribution >= 0.6 is 54.8 Å². The van der Waals surface area contributed by atoms with Crippen molar-refractivity contribution in [3.05, 3.63) is 120 Å². The van der Waals surface area contributed by atoms with Gasteiger partial charge in [0.2, 0.25) is 0 Å². The number of thiazole rings is 1. The number of benzene rings is 4. The molecule has 228 valence electrons. The molecule has 1 aromatic heterocycles. The van der Waals surface area contributed by atoms with Crippen molar-refractivity contribution in [3.8, 4) is 17.0 Å². The molecule has 0 atom stereocenters. The third-order valence-corrected chi connectivity index (χ3v) is 8.67. The number of carbonyl (C=O) groups is 2. The minimum atomic E-state index is -0.384. The highest BCUT2D eigenvalue weighted by Gasteiger charge is 2.13. The minimum absolute atomic E-state index is 0.256. The largest absolute Gasteiger partial charge is 0.482 e. The average Bonchev–Trinajstić information content (AvgIpc) is 3.48. The second kappa shape index (κ2) is 14.8. The van der Waals surface area contributed by atoms with E-state index in [2.05, 4.69) is 58.0 Å². The zero-order valence-corrected chi connectivity index (χ0v) is 28.8. The van der Waals surface area contributed by atoms with Crippen molar-refractivity contribution in [3.63, 3.8) is 0 Å². The van der Waals surface area contributed by atoms with Crippen molar-refractivity contribution in [2.75, 3.05) is 17.2 Å². The number of anilines is 3. The van der Waals surface area contributed by atoms with Gasteiger partial charge in [0.1, 0.15) is 5.75 Å². The monoisotopic (exact) mass is 765 g/mol. The highest BCUT2D eigenvalue weighted by atomic mass is 79.9. The van der Waals surface area contributed by atoms with Gasteiger partial charge in [0, 0.05) is 42.9 Å². The molecule has 0 radical (unpaired) electrons. The number of halogens is 3. The number of amides is 2. The van der Waals surface area contributed by atoms with Crippen molar-refractivity contribution in [2.45, 2.75) is 13.8 Å². The lowest BCUT2D eigenvalue weighted by atomic mass is 10.1. The summed E-state index contributed by atoms with van der Waals surface area (Å²) >= 11 is 14.6. The van der Waals surface area contributed by atoms with E-state index in [1.807, 2.05) is 61.7 Å². The van der Waals surface area contributed by atoms with Crippen molar-refractivity contribution in [1.29, 1.82) is 0 Å². The molecule has 3 N–H and O–H groups in total. The summed E-state index contributed by atoms with van der Waals surface area (Å²) in [7, 11) is 0. The molecule has 12 heteroatoms. The molecule has 5 aromatic rings. The Labute approximate surface area is 286 Å². The van der Waals surface area contributed by atoms with Crippen LogP contribution in [0.2, 0.25) is 5.02 Å². The number of aryl methyl sites for hydroxylation is 2. The molecule has 0 saturated heterocycles. The third-order valence-electron chi connectivity index (χ3n) is 6.46. The molecule has 2 amide bonds. The fraction of sp³-hybridized carbons (Fsp3) is 0.0909. The van der Waals surface area contributed by atoms with Crippen LogP contribution in [0.5, 0.6) is 5.75 Å². The van der Waals surface area contributed by atoms with Crippen molar-refractivity contribution >= 4 is 89.3 Å². The first-order chi connectivity index (χ1) is 21.6. The molecule has 4 aromatic carbocycles. The van der Waals surface area contributed by atoms with Gasteiger partial charge in [0.15, 0.2) is 11.7 Å². The lowest BCUT2D eigenvalue weighted by Gasteiger charge is -2.12. The first-order valence-electron chi connectivity index (χ1n) is 13.6. The lowest BCUT2D eigenvalue weighted by Crippen LogP contribution is -2.21. The van der Waals surface area contributed by atoms with Crippen LogP contribution in [0.4, 0.5) is 16.5 Å². The predicted molar refractivity (Wildman–Crippen MR) is 189 cm³/mol. The Hall–Kier alpha value is -4.03. The van der Waals surface area contributed by atoms with Gasteiger partial charge >= 0.3 is 0 Å². The molecule has 0 bridgehead atoms. The molecule has 0 fully saturated rings. The molecule has 8 nitrogen and oxygen atoms in total. The molecular formula is C33H26Br2ClN5O3S. The summed E-state index contributed by atoms with van der Waals surface area (Å²) < 4.78 is 7.18. The maximum Gasteiger partial charge on any atom is 0.271 e. The number of nitrogens with one attached hydrogen (secondary N) is 3. The number of ether oxygens (including phenoxy) is 1. The van der Waals surface area contributed by atoms with E-state index >= 15 is 0 Å². The van der Waals surface area contributed by atoms with Crippen LogP contribution in [-0.2, 0) is 4.79 Å². The van der Waals surface area contributed by atoms with E-state index in [-0.39, 0.29) is 18.4 Å². The maximum absolute atomic E-state index is 12.8. The fourth-order valence-corrected chi connectivity index (χ4v) is 6.37. The summed E-state index contributed by atoms with van der Waals surface area (Å²) in [6.45, 7) is 3.67. The van der Waals surface area contributed by atoms with Gasteiger partial charge < -0.3 is 15.4 Å². The summed E-state index contributed by atoms with van der Waals surface area (Å²) in [6, 6.07) is 24.1. The van der Waals surface area contributed by atoms with E-state index in [4.69, 9.17) is 16.3 Å². The highest BCUT2D eigenvalue weighted by Crippen LogP contribution is 2.32. The molecule has 0 spiro atoms. The van der Waals surface area contributed by atoms with Crippen LogP contribution in [0.25, 0.3) is 11.3 Å². The Kier molecular flexibility index (Phi) is 10.7. The number of carbonyl (C=O) groups excluding carboxylic acids is 2. The average molecular weight is 768 g/mol. The number of hydrogen-bond donors (Lipinski definition) is 3. The van der Waals surface area contributed by atoms with E-state index in [1.165, 1.54) is 23.1 Å². The van der Waals surface area contributed by atoms with Gasteiger partial charge in [-0.15, -0.1) is 11.3 Å². The van der Waals surface area contributed by atoms with E-state index < -0.39 is 0 Å². The van der Waals surface area contributed by atoms with E-state index in [0.29, 0.717) is 32.1 Å². The van der Waals surface area contributed by atoms with Gasteiger partial charge in [-0.2, -0.15) is 5.10 Å². The number of nitrogens with zero attached hydrogens (tertiary/aromatic N) is 2. The van der Waals surface area contributed by atoms with Crippen LogP contribution in [0.3, 0.4) is 0 Å². The number of hydrogen-bond acceptors (Lipinski definition) is 7. The number of rotatable bonds is 10. The lowest BCUT2D eigenvalue weighted by molar-refractivity contribution is -0.118. The van der Waals surface area contributed by atoms with E-state index in [0.717, 1.165) is 32.1 Å². The fourth-order valence-electron chi connectivity index (χ4n) is 4.08. The summed E-state index contributed by atoms with van der Waals surface area (Å²) in [4.78, 5) is 30.0. The van der Waals surface area contributed by atoms with E-state index in [9.17, 15) is 9.59 Å². The number of aromatic nitrogens is 1. The normalized spacial score (nSPS) is 11.0. The zero-order valence-electron chi connectivity index (χ0n) is 24.0. The van der Waals surface area contributed by atoms with Crippen molar-refractivity contribution < 1.29 is 14.3 Å². The summed E-state index contributed by atoms with van der Waals surface area (Å²) in [5, 5.41) is 13.5. The molecule has 0 aliphatic carbocycles. The van der Waals surface area contributed by atoms with Crippen LogP contribution in [0, 0.1) is 13.8 Å². The van der Waals surface area contributed by atoms with Crippen molar-refractivity contribution in [2.24, 2.45) is 5.10 Å². The van der Waals surface area contributed by atoms with Gasteiger partial charge in [-0.25, -0.2) is 10.4 Å². The molecule has 0 aliphatic rings. The van der Waals surface area contributed by atoms with Crippen LogP contribution in [-0.4, -0.2) is 29.6 Å². The zero-order chi connectivity index (χ0) is 31.9. The number of hydrazone groups is 1. The van der Waals surface area contributed by atoms with Gasteiger partial charge in [-0.1, -0.05) is 63.4 Å². The van der Waals surface area contributed by atoms with Crippen LogP contribution in [0.1, 0.15) is 27.0 Å². The summed E-state index contributed by atoms with van der Waals surface area (Å²) in [5.41, 5.74) is 8.85. The molecule has 45 heavy (non-hydrogen) atoms. The van der Waals surface area contributed by atoms with Gasteiger partial charge in [0.25, 0.3) is 11.8 Å². The van der Waals surface area contributed by atoms with Gasteiger partial charge in [0.05, 0.1) is 16.4 Å². The van der Waals surface area contributed by atoms with E-state index in [1.54, 1.807) is 36.4 Å². The minimum Gasteiger partial charge on any atom is -0.482 e. The quantitative estimate of drug-likeness (QED) is 0.0972. The smallest absolute Gasteiger partial charge is 0.271 e. The standard InChI is InChI=1S/C33H26Br2ClN5O3S/c1-19-3-10-25(11-4-19)39-33-40-29(18-45-33)21-6-8-22(9-7-21)32(43)41-37-16-23-13-24(34)14-27(35)31(23)44-17-30(42)38-26-12-5-20(2)28(36)15-26/h3-16,18H,17H2,1-2H3,(H,38,42)(H,39,40)(H,41,43)/b37-16+. The van der Waals surface area contributed by atoms with Crippen LogP contribution < -0.4 is 20.8 Å².